The third-order valence-corrected chi connectivity index (χ3v) is 2.51. The molecule has 1 atom stereocenters. The molecule has 0 aromatic heterocycles. The summed E-state index contributed by atoms with van der Waals surface area (Å²) in [7, 11) is 0. The van der Waals surface area contributed by atoms with E-state index in [1.807, 2.05) is 27.7 Å². The molecule has 0 aliphatic carbocycles. The smallest absolute Gasteiger partial charge is 0.326 e. The first-order valence-corrected chi connectivity index (χ1v) is 5.61. The van der Waals surface area contributed by atoms with E-state index in [0.717, 1.165) is 0 Å². The maximum absolute atomic E-state index is 12.3. The van der Waals surface area contributed by atoms with Crippen LogP contribution in [0.4, 0.5) is 13.2 Å². The fourth-order valence-corrected chi connectivity index (χ4v) is 1.36. The van der Waals surface area contributed by atoms with Crippen molar-refractivity contribution in [3.8, 4) is 0 Å². The van der Waals surface area contributed by atoms with Crippen molar-refractivity contribution >= 4 is 0 Å². The van der Waals surface area contributed by atoms with Crippen LogP contribution in [0, 0.1) is 5.41 Å². The van der Waals surface area contributed by atoms with Crippen molar-refractivity contribution in [1.82, 2.24) is 4.90 Å². The van der Waals surface area contributed by atoms with Crippen molar-refractivity contribution in [3.05, 3.63) is 0 Å². The van der Waals surface area contributed by atoms with Crippen molar-refractivity contribution in [2.24, 2.45) is 11.1 Å². The van der Waals surface area contributed by atoms with E-state index in [4.69, 9.17) is 5.73 Å². The highest BCUT2D eigenvalue weighted by Crippen LogP contribution is 2.21. The van der Waals surface area contributed by atoms with Crippen LogP contribution in [-0.4, -0.2) is 36.8 Å². The molecule has 0 aliphatic rings. The molecule has 0 aromatic carbocycles. The Morgan fingerprint density at radius 3 is 2.00 bits per heavy atom. The van der Waals surface area contributed by atoms with Gasteiger partial charge in [-0.15, -0.1) is 0 Å². The second-order valence-corrected chi connectivity index (χ2v) is 5.32. The van der Waals surface area contributed by atoms with Crippen molar-refractivity contribution in [3.63, 3.8) is 0 Å². The first-order chi connectivity index (χ1) is 7.06. The van der Waals surface area contributed by atoms with Crippen molar-refractivity contribution in [2.45, 2.75) is 46.3 Å². The summed E-state index contributed by atoms with van der Waals surface area (Å²) in [4.78, 5) is 1.38. The third kappa shape index (κ3) is 7.06. The van der Waals surface area contributed by atoms with Gasteiger partial charge in [-0.1, -0.05) is 27.7 Å². The van der Waals surface area contributed by atoms with Gasteiger partial charge in [0.05, 0.1) is 6.54 Å². The third-order valence-electron chi connectivity index (χ3n) is 2.51. The van der Waals surface area contributed by atoms with E-state index in [0.29, 0.717) is 13.0 Å². The number of alkyl halides is 3. The van der Waals surface area contributed by atoms with Gasteiger partial charge in [-0.3, -0.25) is 4.90 Å². The summed E-state index contributed by atoms with van der Waals surface area (Å²) >= 11 is 0. The Morgan fingerprint density at radius 1 is 1.19 bits per heavy atom. The number of rotatable bonds is 5. The van der Waals surface area contributed by atoms with Gasteiger partial charge in [0.25, 0.3) is 0 Å². The van der Waals surface area contributed by atoms with Gasteiger partial charge < -0.3 is 5.73 Å². The monoisotopic (exact) mass is 240 g/mol. The van der Waals surface area contributed by atoms with Crippen molar-refractivity contribution < 1.29 is 13.2 Å². The average Bonchev–Trinajstić information content (AvgIpc) is 1.99. The predicted molar refractivity (Wildman–Crippen MR) is 60.2 cm³/mol. The summed E-state index contributed by atoms with van der Waals surface area (Å²) in [6, 6.07) is -0.249. The van der Waals surface area contributed by atoms with E-state index >= 15 is 0 Å². The van der Waals surface area contributed by atoms with Crippen LogP contribution in [0.5, 0.6) is 0 Å². The minimum atomic E-state index is -4.15. The first-order valence-electron chi connectivity index (χ1n) is 5.61. The van der Waals surface area contributed by atoms with Gasteiger partial charge in [0.2, 0.25) is 0 Å². The van der Waals surface area contributed by atoms with Gasteiger partial charge >= 0.3 is 6.18 Å². The molecule has 16 heavy (non-hydrogen) atoms. The van der Waals surface area contributed by atoms with Crippen LogP contribution in [0.3, 0.4) is 0 Å². The summed E-state index contributed by atoms with van der Waals surface area (Å²) in [5.41, 5.74) is 5.72. The van der Waals surface area contributed by atoms with Gasteiger partial charge in [-0.2, -0.15) is 13.2 Å². The Morgan fingerprint density at radius 2 is 1.69 bits per heavy atom. The highest BCUT2D eigenvalue weighted by Gasteiger charge is 2.32. The lowest BCUT2D eigenvalue weighted by molar-refractivity contribution is -0.147. The number of halogens is 3. The fraction of sp³-hybridized carbons (Fsp3) is 1.00. The van der Waals surface area contributed by atoms with Gasteiger partial charge in [0, 0.05) is 12.6 Å². The Kier molecular flexibility index (Phi) is 5.76. The topological polar surface area (TPSA) is 29.3 Å². The molecule has 5 heteroatoms. The van der Waals surface area contributed by atoms with E-state index in [-0.39, 0.29) is 18.0 Å². The van der Waals surface area contributed by atoms with Gasteiger partial charge in [-0.05, 0) is 18.4 Å². The molecular formula is C11H23F3N2. The molecule has 0 rings (SSSR count). The van der Waals surface area contributed by atoms with Crippen LogP contribution in [0.1, 0.15) is 34.1 Å². The molecule has 98 valence electrons. The molecular weight excluding hydrogens is 217 g/mol. The molecule has 0 bridgehead atoms. The highest BCUT2D eigenvalue weighted by atomic mass is 19.4. The summed E-state index contributed by atoms with van der Waals surface area (Å²) < 4.78 is 36.9. The maximum atomic E-state index is 12.3. The number of nitrogens with two attached hydrogens (primary N) is 1. The molecule has 0 saturated heterocycles. The second kappa shape index (κ2) is 5.87. The molecule has 0 fully saturated rings. The number of hydrogen-bond donors (Lipinski definition) is 1. The summed E-state index contributed by atoms with van der Waals surface area (Å²) in [6.45, 7) is 7.54. The van der Waals surface area contributed by atoms with Crippen LogP contribution in [0.25, 0.3) is 0 Å². The Labute approximate surface area is 96.0 Å². The second-order valence-electron chi connectivity index (χ2n) is 5.32. The van der Waals surface area contributed by atoms with Crippen molar-refractivity contribution in [2.75, 3.05) is 19.6 Å². The Balaban J connectivity index is 4.34. The molecule has 0 aliphatic heterocycles. The zero-order valence-corrected chi connectivity index (χ0v) is 10.6. The molecule has 2 N–H and O–H groups in total. The summed E-state index contributed by atoms with van der Waals surface area (Å²) in [6.07, 6.45) is -3.44. The first kappa shape index (κ1) is 15.7. The lowest BCUT2D eigenvalue weighted by Crippen LogP contribution is -2.48. The van der Waals surface area contributed by atoms with E-state index in [1.54, 1.807) is 0 Å². The van der Waals surface area contributed by atoms with Crippen LogP contribution < -0.4 is 5.73 Å². The van der Waals surface area contributed by atoms with Gasteiger partial charge in [-0.25, -0.2) is 0 Å². The fourth-order valence-electron chi connectivity index (χ4n) is 1.36. The van der Waals surface area contributed by atoms with Crippen molar-refractivity contribution in [1.29, 1.82) is 0 Å². The number of hydrogen-bond acceptors (Lipinski definition) is 2. The van der Waals surface area contributed by atoms with Gasteiger partial charge in [0.15, 0.2) is 0 Å². The lowest BCUT2D eigenvalue weighted by atomic mass is 9.87. The minimum Gasteiger partial charge on any atom is -0.326 e. The molecule has 0 amide bonds. The summed E-state index contributed by atoms with van der Waals surface area (Å²) in [5.74, 6) is 0. The van der Waals surface area contributed by atoms with Gasteiger partial charge in [0.1, 0.15) is 0 Å². The van der Waals surface area contributed by atoms with E-state index in [9.17, 15) is 13.2 Å². The summed E-state index contributed by atoms with van der Waals surface area (Å²) in [5, 5.41) is 0. The molecule has 2 nitrogen and oxygen atoms in total. The quantitative estimate of drug-likeness (QED) is 0.800. The SMILES string of the molecule is CCCN(CC(N)C(C)(C)C)CC(F)(F)F. The zero-order valence-electron chi connectivity index (χ0n) is 10.6. The zero-order chi connectivity index (χ0) is 13.0. The van der Waals surface area contributed by atoms with Crippen LogP contribution in [0.2, 0.25) is 0 Å². The average molecular weight is 240 g/mol. The Bertz CT molecular complexity index is 196. The largest absolute Gasteiger partial charge is 0.401 e. The van der Waals surface area contributed by atoms with Crippen LogP contribution in [-0.2, 0) is 0 Å². The molecule has 0 heterocycles. The maximum Gasteiger partial charge on any atom is 0.401 e. The highest BCUT2D eigenvalue weighted by molar-refractivity contribution is 4.81. The van der Waals surface area contributed by atoms with Crippen LogP contribution in [0.15, 0.2) is 0 Å². The molecule has 0 saturated carbocycles. The van der Waals surface area contributed by atoms with E-state index in [2.05, 4.69) is 0 Å². The van der Waals surface area contributed by atoms with Crippen LogP contribution >= 0.6 is 0 Å². The Hall–Kier alpha value is -0.290. The predicted octanol–water partition coefficient (Wildman–Crippen LogP) is 2.63. The lowest BCUT2D eigenvalue weighted by Gasteiger charge is -2.33. The molecule has 0 radical (unpaired) electrons. The normalized spacial score (nSPS) is 15.6. The van der Waals surface area contributed by atoms with E-state index < -0.39 is 12.7 Å². The number of nitrogens with zero attached hydrogens (tertiary/aromatic N) is 1. The molecule has 0 aromatic rings. The minimum absolute atomic E-state index is 0.169. The molecule has 1 unspecified atom stereocenters. The molecule has 0 spiro atoms. The van der Waals surface area contributed by atoms with E-state index in [1.165, 1.54) is 4.90 Å². The standard InChI is InChI=1S/C11H23F3N2/c1-5-6-16(8-11(12,13)14)7-9(15)10(2,3)4/h9H,5-8,15H2,1-4H3.